The highest BCUT2D eigenvalue weighted by molar-refractivity contribution is 7.14. The molecule has 3 rings (SSSR count). The molecule has 1 N–H and O–H groups in total. The van der Waals surface area contributed by atoms with Crippen LogP contribution in [0.5, 0.6) is 0 Å². The van der Waals surface area contributed by atoms with Crippen molar-refractivity contribution in [1.82, 2.24) is 3.96 Å². The molecular formula is C14H9NO3S. The van der Waals surface area contributed by atoms with E-state index in [9.17, 15) is 14.7 Å². The van der Waals surface area contributed by atoms with Crippen LogP contribution >= 0.6 is 11.5 Å². The molecule has 2 aromatic carbocycles. The van der Waals surface area contributed by atoms with Gasteiger partial charge in [0.15, 0.2) is 0 Å². The van der Waals surface area contributed by atoms with E-state index < -0.39 is 5.97 Å². The number of para-hydroxylation sites is 1. The standard InChI is InChI=1S/C14H9NO3S/c16-13-10-6-2-4-8-12(10)19-15(13)11-7-3-1-5-9(11)14(17)18/h1-8H,(H,17,18). The summed E-state index contributed by atoms with van der Waals surface area (Å²) in [4.78, 5) is 23.5. The van der Waals surface area contributed by atoms with Gasteiger partial charge in [-0.1, -0.05) is 35.8 Å². The zero-order chi connectivity index (χ0) is 13.4. The topological polar surface area (TPSA) is 59.3 Å². The van der Waals surface area contributed by atoms with Gasteiger partial charge in [-0.3, -0.25) is 4.79 Å². The summed E-state index contributed by atoms with van der Waals surface area (Å²) in [6, 6.07) is 13.7. The number of nitrogens with zero attached hydrogens (tertiary/aromatic N) is 1. The van der Waals surface area contributed by atoms with E-state index in [1.165, 1.54) is 21.6 Å². The monoisotopic (exact) mass is 271 g/mol. The Morgan fingerprint density at radius 1 is 1.05 bits per heavy atom. The van der Waals surface area contributed by atoms with Crippen LogP contribution in [0.25, 0.3) is 15.8 Å². The van der Waals surface area contributed by atoms with Crippen molar-refractivity contribution in [1.29, 1.82) is 0 Å². The molecule has 94 valence electrons. The number of carbonyl (C=O) groups is 1. The number of hydrogen-bond donors (Lipinski definition) is 1. The van der Waals surface area contributed by atoms with E-state index in [4.69, 9.17) is 0 Å². The summed E-state index contributed by atoms with van der Waals surface area (Å²) in [6.45, 7) is 0. The van der Waals surface area contributed by atoms with E-state index >= 15 is 0 Å². The summed E-state index contributed by atoms with van der Waals surface area (Å²) in [5.41, 5.74) is 0.339. The Kier molecular flexibility index (Phi) is 2.68. The van der Waals surface area contributed by atoms with Crippen LogP contribution in [0.4, 0.5) is 0 Å². The minimum atomic E-state index is -1.04. The maximum absolute atomic E-state index is 12.3. The lowest BCUT2D eigenvalue weighted by Gasteiger charge is -2.04. The van der Waals surface area contributed by atoms with Crippen LogP contribution in [0, 0.1) is 0 Å². The third-order valence-corrected chi connectivity index (χ3v) is 3.94. The smallest absolute Gasteiger partial charge is 0.337 e. The third-order valence-electron chi connectivity index (χ3n) is 2.84. The highest BCUT2D eigenvalue weighted by atomic mass is 32.1. The van der Waals surface area contributed by atoms with E-state index in [0.29, 0.717) is 11.1 Å². The lowest BCUT2D eigenvalue weighted by Crippen LogP contribution is -2.14. The highest BCUT2D eigenvalue weighted by Gasteiger charge is 2.15. The molecule has 0 bridgehead atoms. The molecule has 0 unspecified atom stereocenters. The fourth-order valence-corrected chi connectivity index (χ4v) is 2.99. The molecule has 0 aliphatic heterocycles. The predicted molar refractivity (Wildman–Crippen MR) is 74.4 cm³/mol. The molecule has 0 spiro atoms. The van der Waals surface area contributed by atoms with E-state index in [1.54, 1.807) is 30.3 Å². The SMILES string of the molecule is O=C(O)c1ccccc1-n1sc2ccccc2c1=O. The van der Waals surface area contributed by atoms with Crippen molar-refractivity contribution in [2.75, 3.05) is 0 Å². The molecule has 1 aromatic heterocycles. The van der Waals surface area contributed by atoms with Gasteiger partial charge < -0.3 is 5.11 Å². The summed E-state index contributed by atoms with van der Waals surface area (Å²) < 4.78 is 2.27. The number of benzene rings is 2. The van der Waals surface area contributed by atoms with Gasteiger partial charge in [0.25, 0.3) is 5.56 Å². The van der Waals surface area contributed by atoms with E-state index in [2.05, 4.69) is 0 Å². The van der Waals surface area contributed by atoms with Crippen LogP contribution in [-0.4, -0.2) is 15.0 Å². The quantitative estimate of drug-likeness (QED) is 0.779. The van der Waals surface area contributed by atoms with Crippen molar-refractivity contribution >= 4 is 27.6 Å². The maximum Gasteiger partial charge on any atom is 0.337 e. The summed E-state index contributed by atoms with van der Waals surface area (Å²) >= 11 is 1.25. The second-order valence-corrected chi connectivity index (χ2v) is 5.00. The Balaban J connectivity index is 2.34. The van der Waals surface area contributed by atoms with Crippen molar-refractivity contribution in [3.05, 3.63) is 64.4 Å². The molecule has 19 heavy (non-hydrogen) atoms. The van der Waals surface area contributed by atoms with E-state index in [-0.39, 0.29) is 11.1 Å². The van der Waals surface area contributed by atoms with Crippen LogP contribution < -0.4 is 5.56 Å². The molecule has 0 aliphatic carbocycles. The minimum Gasteiger partial charge on any atom is -0.478 e. The molecule has 0 atom stereocenters. The van der Waals surface area contributed by atoms with Gasteiger partial charge in [-0.05, 0) is 24.3 Å². The summed E-state index contributed by atoms with van der Waals surface area (Å²) in [5.74, 6) is -1.04. The molecule has 0 aliphatic rings. The largest absolute Gasteiger partial charge is 0.478 e. The second kappa shape index (κ2) is 4.37. The number of hydrogen-bond acceptors (Lipinski definition) is 3. The van der Waals surface area contributed by atoms with Crippen molar-refractivity contribution in [3.63, 3.8) is 0 Å². The lowest BCUT2D eigenvalue weighted by molar-refractivity contribution is 0.0697. The summed E-state index contributed by atoms with van der Waals surface area (Å²) in [6.07, 6.45) is 0. The number of aromatic carboxylic acids is 1. The van der Waals surface area contributed by atoms with Crippen molar-refractivity contribution in [3.8, 4) is 5.69 Å². The van der Waals surface area contributed by atoms with Crippen LogP contribution in [0.2, 0.25) is 0 Å². The molecule has 5 heteroatoms. The molecule has 1 heterocycles. The average molecular weight is 271 g/mol. The van der Waals surface area contributed by atoms with E-state index in [1.807, 2.05) is 12.1 Å². The normalized spacial score (nSPS) is 10.7. The Bertz CT molecular complexity index is 832. The Morgan fingerprint density at radius 3 is 2.47 bits per heavy atom. The molecule has 0 amide bonds. The van der Waals surface area contributed by atoms with Crippen LogP contribution in [0.15, 0.2) is 53.3 Å². The number of fused-ring (bicyclic) bond motifs is 1. The number of carboxylic acids is 1. The zero-order valence-corrected chi connectivity index (χ0v) is 10.6. The first-order valence-electron chi connectivity index (χ1n) is 5.62. The fourth-order valence-electron chi connectivity index (χ4n) is 1.96. The zero-order valence-electron chi connectivity index (χ0n) is 9.74. The van der Waals surface area contributed by atoms with Crippen LogP contribution in [0.1, 0.15) is 10.4 Å². The molecule has 0 saturated carbocycles. The first-order valence-corrected chi connectivity index (χ1v) is 6.39. The van der Waals surface area contributed by atoms with Gasteiger partial charge in [0.1, 0.15) is 0 Å². The van der Waals surface area contributed by atoms with Gasteiger partial charge in [0.2, 0.25) is 0 Å². The van der Waals surface area contributed by atoms with Gasteiger partial charge in [-0.25, -0.2) is 8.75 Å². The van der Waals surface area contributed by atoms with Gasteiger partial charge in [0.05, 0.1) is 21.3 Å². The summed E-state index contributed by atoms with van der Waals surface area (Å²) in [7, 11) is 0. The molecule has 0 saturated heterocycles. The molecular weight excluding hydrogens is 262 g/mol. The van der Waals surface area contributed by atoms with Crippen LogP contribution in [0.3, 0.4) is 0 Å². The van der Waals surface area contributed by atoms with Gasteiger partial charge in [-0.2, -0.15) is 0 Å². The van der Waals surface area contributed by atoms with Gasteiger partial charge in [0, 0.05) is 0 Å². The molecule has 0 radical (unpaired) electrons. The van der Waals surface area contributed by atoms with Crippen molar-refractivity contribution in [2.45, 2.75) is 0 Å². The fraction of sp³-hybridized carbons (Fsp3) is 0. The van der Waals surface area contributed by atoms with Crippen LogP contribution in [-0.2, 0) is 0 Å². The Labute approximate surface area is 112 Å². The summed E-state index contributed by atoms with van der Waals surface area (Å²) in [5, 5.41) is 9.79. The first-order chi connectivity index (χ1) is 9.18. The second-order valence-electron chi connectivity index (χ2n) is 4.01. The number of aromatic nitrogens is 1. The average Bonchev–Trinajstić information content (AvgIpc) is 2.76. The first kappa shape index (κ1) is 11.7. The highest BCUT2D eigenvalue weighted by Crippen LogP contribution is 2.22. The van der Waals surface area contributed by atoms with Crippen molar-refractivity contribution < 1.29 is 9.90 Å². The molecule has 0 fully saturated rings. The molecule has 3 aromatic rings. The Hall–Kier alpha value is -2.40. The number of carboxylic acid groups (broad SMARTS) is 1. The third kappa shape index (κ3) is 1.84. The van der Waals surface area contributed by atoms with Crippen molar-refractivity contribution in [2.24, 2.45) is 0 Å². The van der Waals surface area contributed by atoms with Gasteiger partial charge in [-0.15, -0.1) is 0 Å². The molecule has 4 nitrogen and oxygen atoms in total. The van der Waals surface area contributed by atoms with E-state index in [0.717, 1.165) is 4.70 Å². The maximum atomic E-state index is 12.3. The Morgan fingerprint density at radius 2 is 1.74 bits per heavy atom. The lowest BCUT2D eigenvalue weighted by atomic mass is 10.2. The predicted octanol–water partition coefficient (Wildman–Crippen LogP) is 2.75. The number of rotatable bonds is 2. The van der Waals surface area contributed by atoms with Gasteiger partial charge >= 0.3 is 5.97 Å². The minimum absolute atomic E-state index is 0.121.